The van der Waals surface area contributed by atoms with E-state index in [1.165, 1.54) is 0 Å². The highest BCUT2D eigenvalue weighted by Crippen LogP contribution is 2.20. The Bertz CT molecular complexity index is 350. The van der Waals surface area contributed by atoms with Gasteiger partial charge >= 0.3 is 0 Å². The third kappa shape index (κ3) is 3.93. The Morgan fingerprint density at radius 1 is 1.39 bits per heavy atom. The fraction of sp³-hybridized carbons (Fsp3) is 0.615. The van der Waals surface area contributed by atoms with Crippen molar-refractivity contribution in [2.24, 2.45) is 5.73 Å². The molecule has 0 aromatic carbocycles. The third-order valence-electron chi connectivity index (χ3n) is 3.18. The zero-order valence-electron chi connectivity index (χ0n) is 10.5. The number of aromatic nitrogens is 1. The summed E-state index contributed by atoms with van der Waals surface area (Å²) in [7, 11) is 0. The smallest absolute Gasteiger partial charge is 0.128 e. The normalized spacial score (nSPS) is 17.1. The second-order valence-corrected chi connectivity index (χ2v) is 5.45. The van der Waals surface area contributed by atoms with Gasteiger partial charge in [0, 0.05) is 30.4 Å². The van der Waals surface area contributed by atoms with Crippen LogP contribution in [0.5, 0.6) is 0 Å². The van der Waals surface area contributed by atoms with Crippen LogP contribution in [0.4, 0.5) is 5.82 Å². The zero-order valence-corrected chi connectivity index (χ0v) is 12.1. The molecular formula is C13H20BrN3O. The van der Waals surface area contributed by atoms with Crippen molar-refractivity contribution in [1.82, 2.24) is 4.98 Å². The Hall–Kier alpha value is -0.650. The molecule has 0 aliphatic carbocycles. The summed E-state index contributed by atoms with van der Waals surface area (Å²) in [5.41, 5.74) is 5.45. The number of ether oxygens (including phenoxy) is 1. The number of pyridine rings is 1. The van der Waals surface area contributed by atoms with Crippen molar-refractivity contribution in [2.45, 2.75) is 25.4 Å². The largest absolute Gasteiger partial charge is 0.378 e. The lowest BCUT2D eigenvalue weighted by molar-refractivity contribution is 0.0365. The van der Waals surface area contributed by atoms with Gasteiger partial charge in [-0.1, -0.05) is 0 Å². The summed E-state index contributed by atoms with van der Waals surface area (Å²) in [6, 6.07) is 4.09. The Morgan fingerprint density at radius 2 is 2.17 bits per heavy atom. The van der Waals surface area contributed by atoms with E-state index in [1.54, 1.807) is 0 Å². The van der Waals surface area contributed by atoms with E-state index in [0.29, 0.717) is 12.6 Å². The molecule has 2 N–H and O–H groups in total. The highest BCUT2D eigenvalue weighted by molar-refractivity contribution is 9.10. The minimum atomic E-state index is 0.392. The van der Waals surface area contributed by atoms with Crippen LogP contribution in [-0.4, -0.2) is 37.3 Å². The molecule has 100 valence electrons. The van der Waals surface area contributed by atoms with Crippen LogP contribution >= 0.6 is 15.9 Å². The van der Waals surface area contributed by atoms with Gasteiger partial charge in [-0.3, -0.25) is 0 Å². The molecule has 5 heteroatoms. The monoisotopic (exact) mass is 313 g/mol. The van der Waals surface area contributed by atoms with Crippen LogP contribution in [0.2, 0.25) is 0 Å². The molecule has 0 bridgehead atoms. The molecule has 2 heterocycles. The van der Waals surface area contributed by atoms with Crippen LogP contribution in [0.25, 0.3) is 0 Å². The minimum Gasteiger partial charge on any atom is -0.378 e. The lowest BCUT2D eigenvalue weighted by Gasteiger charge is -2.32. The fourth-order valence-electron chi connectivity index (χ4n) is 2.14. The highest BCUT2D eigenvalue weighted by Gasteiger charge is 2.20. The standard InChI is InChI=1S/C13H20BrN3O/c14-11-2-3-13(16-10-11)17-7-4-12(5-8-17)18-9-1-6-15/h2-3,10,12H,1,4-9,15H2. The maximum atomic E-state index is 5.79. The van der Waals surface area contributed by atoms with E-state index in [4.69, 9.17) is 10.5 Å². The number of halogens is 1. The molecule has 1 aromatic rings. The van der Waals surface area contributed by atoms with Crippen molar-refractivity contribution in [3.8, 4) is 0 Å². The van der Waals surface area contributed by atoms with Crippen LogP contribution in [0, 0.1) is 0 Å². The van der Waals surface area contributed by atoms with Crippen LogP contribution in [-0.2, 0) is 4.74 Å². The van der Waals surface area contributed by atoms with E-state index < -0.39 is 0 Å². The minimum absolute atomic E-state index is 0.392. The van der Waals surface area contributed by atoms with Gasteiger partial charge < -0.3 is 15.4 Å². The SMILES string of the molecule is NCCCOC1CCN(c2ccc(Br)cn2)CC1. The molecule has 0 saturated carbocycles. The number of hydrogen-bond donors (Lipinski definition) is 1. The van der Waals surface area contributed by atoms with Crippen molar-refractivity contribution in [3.63, 3.8) is 0 Å². The van der Waals surface area contributed by atoms with E-state index >= 15 is 0 Å². The average molecular weight is 314 g/mol. The molecule has 2 rings (SSSR count). The molecule has 1 fully saturated rings. The van der Waals surface area contributed by atoms with Crippen molar-refractivity contribution in [1.29, 1.82) is 0 Å². The molecule has 1 aliphatic rings. The van der Waals surface area contributed by atoms with E-state index in [1.807, 2.05) is 12.3 Å². The summed E-state index contributed by atoms with van der Waals surface area (Å²) < 4.78 is 6.81. The average Bonchev–Trinajstić information content (AvgIpc) is 2.41. The molecule has 0 atom stereocenters. The fourth-order valence-corrected chi connectivity index (χ4v) is 2.37. The Labute approximate surface area is 117 Å². The quantitative estimate of drug-likeness (QED) is 0.847. The lowest BCUT2D eigenvalue weighted by Crippen LogP contribution is -2.37. The van der Waals surface area contributed by atoms with Crippen LogP contribution in [0.3, 0.4) is 0 Å². The third-order valence-corrected chi connectivity index (χ3v) is 3.65. The van der Waals surface area contributed by atoms with Crippen molar-refractivity contribution in [2.75, 3.05) is 31.1 Å². The first-order valence-electron chi connectivity index (χ1n) is 6.48. The molecular weight excluding hydrogens is 294 g/mol. The number of nitrogens with zero attached hydrogens (tertiary/aromatic N) is 2. The predicted octanol–water partition coefficient (Wildman–Crippen LogP) is 2.18. The molecule has 18 heavy (non-hydrogen) atoms. The molecule has 0 unspecified atom stereocenters. The molecule has 0 amide bonds. The number of rotatable bonds is 5. The molecule has 0 spiro atoms. The summed E-state index contributed by atoms with van der Waals surface area (Å²) in [6.07, 6.45) is 5.33. The maximum absolute atomic E-state index is 5.79. The van der Waals surface area contributed by atoms with Gasteiger partial charge in [0.05, 0.1) is 6.10 Å². The number of hydrogen-bond acceptors (Lipinski definition) is 4. The van der Waals surface area contributed by atoms with Gasteiger partial charge in [0.2, 0.25) is 0 Å². The van der Waals surface area contributed by atoms with Crippen molar-refractivity contribution in [3.05, 3.63) is 22.8 Å². The Morgan fingerprint density at radius 3 is 2.78 bits per heavy atom. The highest BCUT2D eigenvalue weighted by atomic mass is 79.9. The van der Waals surface area contributed by atoms with Crippen molar-refractivity contribution < 1.29 is 4.74 Å². The van der Waals surface area contributed by atoms with Gasteiger partial charge in [-0.05, 0) is 53.9 Å². The summed E-state index contributed by atoms with van der Waals surface area (Å²) in [5.74, 6) is 1.05. The summed E-state index contributed by atoms with van der Waals surface area (Å²) in [5, 5.41) is 0. The van der Waals surface area contributed by atoms with Gasteiger partial charge in [0.25, 0.3) is 0 Å². The first-order valence-corrected chi connectivity index (χ1v) is 7.27. The topological polar surface area (TPSA) is 51.4 Å². The Kier molecular flexibility index (Phi) is 5.41. The molecule has 1 saturated heterocycles. The zero-order chi connectivity index (χ0) is 12.8. The van der Waals surface area contributed by atoms with Gasteiger partial charge in [-0.15, -0.1) is 0 Å². The maximum Gasteiger partial charge on any atom is 0.128 e. The second-order valence-electron chi connectivity index (χ2n) is 4.53. The van der Waals surface area contributed by atoms with E-state index in [2.05, 4.69) is 31.9 Å². The number of anilines is 1. The Balaban J connectivity index is 1.77. The number of nitrogens with two attached hydrogens (primary N) is 1. The van der Waals surface area contributed by atoms with Gasteiger partial charge in [-0.2, -0.15) is 0 Å². The van der Waals surface area contributed by atoms with Crippen molar-refractivity contribution >= 4 is 21.7 Å². The van der Waals surface area contributed by atoms with Gasteiger partial charge in [0.1, 0.15) is 5.82 Å². The predicted molar refractivity (Wildman–Crippen MR) is 76.8 cm³/mol. The number of piperidine rings is 1. The molecule has 1 aliphatic heterocycles. The first kappa shape index (κ1) is 13.8. The first-order chi connectivity index (χ1) is 8.79. The van der Waals surface area contributed by atoms with E-state index in [9.17, 15) is 0 Å². The summed E-state index contributed by atoms with van der Waals surface area (Å²) >= 11 is 3.40. The van der Waals surface area contributed by atoms with Crippen LogP contribution in [0.1, 0.15) is 19.3 Å². The molecule has 1 aromatic heterocycles. The van der Waals surface area contributed by atoms with Crippen LogP contribution in [0.15, 0.2) is 22.8 Å². The van der Waals surface area contributed by atoms with Gasteiger partial charge in [-0.25, -0.2) is 4.98 Å². The van der Waals surface area contributed by atoms with E-state index in [-0.39, 0.29) is 0 Å². The summed E-state index contributed by atoms with van der Waals surface area (Å²) in [6.45, 7) is 3.53. The molecule has 4 nitrogen and oxygen atoms in total. The van der Waals surface area contributed by atoms with Crippen LogP contribution < -0.4 is 10.6 Å². The summed E-state index contributed by atoms with van der Waals surface area (Å²) in [4.78, 5) is 6.74. The lowest BCUT2D eigenvalue weighted by atomic mass is 10.1. The van der Waals surface area contributed by atoms with E-state index in [0.717, 1.165) is 49.2 Å². The molecule has 0 radical (unpaired) electrons. The van der Waals surface area contributed by atoms with Gasteiger partial charge in [0.15, 0.2) is 0 Å². The second kappa shape index (κ2) is 7.07.